The van der Waals surface area contributed by atoms with Crippen LogP contribution >= 0.6 is 39.3 Å². The maximum absolute atomic E-state index is 12.7. The summed E-state index contributed by atoms with van der Waals surface area (Å²) in [7, 11) is 0. The monoisotopic (exact) mass is 484 g/mol. The van der Waals surface area contributed by atoms with Gasteiger partial charge in [0.25, 0.3) is 5.91 Å². The van der Waals surface area contributed by atoms with Gasteiger partial charge in [0.15, 0.2) is 10.9 Å². The zero-order chi connectivity index (χ0) is 20.7. The summed E-state index contributed by atoms with van der Waals surface area (Å²) < 4.78 is 0.914. The Kier molecular flexibility index (Phi) is 8.72. The van der Waals surface area contributed by atoms with Gasteiger partial charge in [-0.1, -0.05) is 60.1 Å². The standard InChI is InChI=1S/C19H22BrClN4O2S/c1-4-28-19-22-10-14(21)16(25-19)18(27)24-15(9-11(2)3)17(26)23-13-7-5-12(20)6-8-13/h5-8,10-11,15H,4,9H2,1-3H3,(H,23,26)(H,24,27)/t15-/m1/s1. The molecule has 0 spiro atoms. The molecule has 1 aromatic heterocycles. The van der Waals surface area contributed by atoms with Crippen molar-refractivity contribution in [1.82, 2.24) is 15.3 Å². The van der Waals surface area contributed by atoms with Crippen LogP contribution in [0.25, 0.3) is 0 Å². The fourth-order valence-corrected chi connectivity index (χ4v) is 3.38. The predicted octanol–water partition coefficient (Wildman–Crippen LogP) is 4.79. The van der Waals surface area contributed by atoms with E-state index in [0.29, 0.717) is 17.3 Å². The molecule has 150 valence electrons. The zero-order valence-electron chi connectivity index (χ0n) is 15.8. The SMILES string of the molecule is CCSc1ncc(Cl)c(C(=O)N[C@H](CC(C)C)C(=O)Nc2ccc(Br)cc2)n1. The van der Waals surface area contributed by atoms with Crippen molar-refractivity contribution >= 4 is 56.8 Å². The highest BCUT2D eigenvalue weighted by Gasteiger charge is 2.25. The molecule has 0 unspecified atom stereocenters. The van der Waals surface area contributed by atoms with Gasteiger partial charge in [0.2, 0.25) is 5.91 Å². The minimum Gasteiger partial charge on any atom is -0.339 e. The van der Waals surface area contributed by atoms with Gasteiger partial charge in [-0.05, 0) is 42.4 Å². The van der Waals surface area contributed by atoms with Crippen LogP contribution in [-0.2, 0) is 4.79 Å². The summed E-state index contributed by atoms with van der Waals surface area (Å²) in [5.74, 6) is 0.182. The first-order valence-electron chi connectivity index (χ1n) is 8.82. The van der Waals surface area contributed by atoms with Crippen LogP contribution in [0.4, 0.5) is 5.69 Å². The second-order valence-corrected chi connectivity index (χ2v) is 8.99. The first kappa shape index (κ1) is 22.6. The van der Waals surface area contributed by atoms with Crippen molar-refractivity contribution in [2.45, 2.75) is 38.4 Å². The molecule has 0 fully saturated rings. The number of carbonyl (C=O) groups excluding carboxylic acids is 2. The number of thioether (sulfide) groups is 1. The second-order valence-electron chi connectivity index (χ2n) is 6.43. The number of hydrogen-bond acceptors (Lipinski definition) is 5. The first-order chi connectivity index (χ1) is 13.3. The number of amides is 2. The third-order valence-corrected chi connectivity index (χ3v) is 5.20. The van der Waals surface area contributed by atoms with E-state index in [1.165, 1.54) is 18.0 Å². The maximum Gasteiger partial charge on any atom is 0.272 e. The number of halogens is 2. The zero-order valence-corrected chi connectivity index (χ0v) is 19.0. The molecule has 0 saturated carbocycles. The molecule has 28 heavy (non-hydrogen) atoms. The molecule has 1 aromatic carbocycles. The molecule has 0 radical (unpaired) electrons. The Labute approximate surface area is 182 Å². The Hall–Kier alpha value is -1.64. The van der Waals surface area contributed by atoms with Gasteiger partial charge in [-0.15, -0.1) is 0 Å². The van der Waals surface area contributed by atoms with Crippen LogP contribution in [-0.4, -0.2) is 33.6 Å². The molecule has 2 rings (SSSR count). The molecular weight excluding hydrogens is 464 g/mol. The van der Waals surface area contributed by atoms with E-state index in [2.05, 4.69) is 36.5 Å². The van der Waals surface area contributed by atoms with Crippen LogP contribution in [0, 0.1) is 5.92 Å². The smallest absolute Gasteiger partial charge is 0.272 e. The normalized spacial score (nSPS) is 11.9. The number of nitrogens with one attached hydrogen (secondary N) is 2. The van der Waals surface area contributed by atoms with Gasteiger partial charge in [0, 0.05) is 10.2 Å². The van der Waals surface area contributed by atoms with E-state index in [9.17, 15) is 9.59 Å². The average molecular weight is 486 g/mol. The van der Waals surface area contributed by atoms with E-state index in [-0.39, 0.29) is 22.5 Å². The molecule has 1 atom stereocenters. The third kappa shape index (κ3) is 6.76. The van der Waals surface area contributed by atoms with Crippen molar-refractivity contribution in [1.29, 1.82) is 0 Å². The molecule has 1 heterocycles. The quantitative estimate of drug-likeness (QED) is 0.415. The molecule has 0 bridgehead atoms. The van der Waals surface area contributed by atoms with Gasteiger partial charge in [0.1, 0.15) is 6.04 Å². The summed E-state index contributed by atoms with van der Waals surface area (Å²) in [6, 6.07) is 6.51. The lowest BCUT2D eigenvalue weighted by atomic mass is 10.0. The van der Waals surface area contributed by atoms with E-state index in [1.54, 1.807) is 12.1 Å². The number of rotatable bonds is 8. The van der Waals surface area contributed by atoms with E-state index in [1.807, 2.05) is 32.9 Å². The van der Waals surface area contributed by atoms with Crippen molar-refractivity contribution < 1.29 is 9.59 Å². The minimum atomic E-state index is -0.718. The van der Waals surface area contributed by atoms with E-state index in [4.69, 9.17) is 11.6 Å². The van der Waals surface area contributed by atoms with Crippen molar-refractivity contribution in [3.63, 3.8) is 0 Å². The van der Waals surface area contributed by atoms with Gasteiger partial charge < -0.3 is 10.6 Å². The van der Waals surface area contributed by atoms with Crippen LogP contribution in [0.2, 0.25) is 5.02 Å². The van der Waals surface area contributed by atoms with Gasteiger partial charge in [-0.25, -0.2) is 9.97 Å². The summed E-state index contributed by atoms with van der Waals surface area (Å²) in [6.45, 7) is 5.94. The molecule has 2 amide bonds. The molecule has 0 aliphatic heterocycles. The Bertz CT molecular complexity index is 833. The number of benzene rings is 1. The van der Waals surface area contributed by atoms with E-state index in [0.717, 1.165) is 10.2 Å². The van der Waals surface area contributed by atoms with Gasteiger partial charge in [-0.3, -0.25) is 9.59 Å². The molecule has 0 saturated heterocycles. The number of carbonyl (C=O) groups is 2. The summed E-state index contributed by atoms with van der Waals surface area (Å²) in [5.41, 5.74) is 0.718. The van der Waals surface area contributed by atoms with Gasteiger partial charge in [0.05, 0.1) is 11.2 Å². The van der Waals surface area contributed by atoms with E-state index < -0.39 is 11.9 Å². The fourth-order valence-electron chi connectivity index (χ4n) is 2.40. The topological polar surface area (TPSA) is 84.0 Å². The largest absolute Gasteiger partial charge is 0.339 e. The van der Waals surface area contributed by atoms with Gasteiger partial charge >= 0.3 is 0 Å². The van der Waals surface area contributed by atoms with Crippen molar-refractivity contribution in [3.8, 4) is 0 Å². The fraction of sp³-hybridized carbons (Fsp3) is 0.368. The minimum absolute atomic E-state index is 0.0674. The molecular formula is C19H22BrClN4O2S. The van der Waals surface area contributed by atoms with Crippen molar-refractivity contribution in [2.75, 3.05) is 11.1 Å². The number of hydrogen-bond donors (Lipinski definition) is 2. The first-order valence-corrected chi connectivity index (χ1v) is 11.0. The molecule has 0 aliphatic carbocycles. The van der Waals surface area contributed by atoms with Crippen LogP contribution in [0.5, 0.6) is 0 Å². The summed E-state index contributed by atoms with van der Waals surface area (Å²) in [4.78, 5) is 33.8. The highest BCUT2D eigenvalue weighted by molar-refractivity contribution is 9.10. The van der Waals surface area contributed by atoms with Crippen LogP contribution in [0.15, 0.2) is 40.1 Å². The Morgan fingerprint density at radius 2 is 1.93 bits per heavy atom. The number of anilines is 1. The maximum atomic E-state index is 12.7. The van der Waals surface area contributed by atoms with Crippen LogP contribution in [0.1, 0.15) is 37.7 Å². The highest BCUT2D eigenvalue weighted by Crippen LogP contribution is 2.19. The molecule has 9 heteroatoms. The third-order valence-electron chi connectivity index (χ3n) is 3.65. The Morgan fingerprint density at radius 1 is 1.25 bits per heavy atom. The number of nitrogens with zero attached hydrogens (tertiary/aromatic N) is 2. The summed E-state index contributed by atoms with van der Waals surface area (Å²) in [5, 5.41) is 6.21. The summed E-state index contributed by atoms with van der Waals surface area (Å²) >= 11 is 10.9. The lowest BCUT2D eigenvalue weighted by Gasteiger charge is -2.20. The van der Waals surface area contributed by atoms with Gasteiger partial charge in [-0.2, -0.15) is 0 Å². The molecule has 2 aromatic rings. The average Bonchev–Trinajstić information content (AvgIpc) is 2.64. The lowest BCUT2D eigenvalue weighted by Crippen LogP contribution is -2.45. The Balaban J connectivity index is 2.16. The number of aromatic nitrogens is 2. The van der Waals surface area contributed by atoms with E-state index >= 15 is 0 Å². The highest BCUT2D eigenvalue weighted by atomic mass is 79.9. The predicted molar refractivity (Wildman–Crippen MR) is 117 cm³/mol. The molecule has 2 N–H and O–H groups in total. The van der Waals surface area contributed by atoms with Crippen molar-refractivity contribution in [3.05, 3.63) is 45.7 Å². The van der Waals surface area contributed by atoms with Crippen LogP contribution in [0.3, 0.4) is 0 Å². The summed E-state index contributed by atoms with van der Waals surface area (Å²) in [6.07, 6.45) is 1.88. The Morgan fingerprint density at radius 3 is 2.54 bits per heavy atom. The second kappa shape index (κ2) is 10.8. The van der Waals surface area contributed by atoms with Crippen molar-refractivity contribution in [2.24, 2.45) is 5.92 Å². The molecule has 6 nitrogen and oxygen atoms in total. The van der Waals surface area contributed by atoms with Crippen LogP contribution < -0.4 is 10.6 Å². The lowest BCUT2D eigenvalue weighted by molar-refractivity contribution is -0.118. The molecule has 0 aliphatic rings.